The number of benzene rings is 4. The molecule has 74 heavy (non-hydrogen) atoms. The fourth-order valence-corrected chi connectivity index (χ4v) is 8.98. The number of carbonyl (C=O) groups is 8. The SMILES string of the molecule is CSCC[C@H](NC(=O)CN)C(=O)N(CN)[C@@H](C)C(=O)N[C@@H](C)C(=O)N[C@H](Cc1cccc2ccccc12)C(=O)N[C@@H](Cc1c[nH]c2ccccc12)C(=O)N[C@H](Cc1ccccc1)C(=O)N[C@@H](CCCCN)C(N)=O. The van der Waals surface area contributed by atoms with Crippen LogP contribution >= 0.6 is 11.8 Å². The van der Waals surface area contributed by atoms with Crippen molar-refractivity contribution in [1.82, 2.24) is 41.8 Å². The number of carbonyl (C=O) groups excluding carboxylic acids is 8. The standard InChI is InChI=1S/C53H70N12O8S/c1-32(59-49(69)33(2)65(31-56)53(73)42(23-25-74-3)60-46(66)29-55)48(68)62-44(27-36-18-13-17-35-16-7-8-19-38(35)36)51(71)64-45(28-37-30-58-40-21-10-9-20-39(37)40)52(72)63-43(26-34-14-5-4-6-15-34)50(70)61-41(47(57)67)22-11-12-24-54/h4-10,13-21,30,32-33,41-45,58H,11-12,22-29,31,54-56H2,1-3H3,(H2,57,67)(H,59,69)(H,60,66)(H,61,70)(H,62,68)(H,63,72)(H,64,71)/t32-,33-,41-,42-,43+,44+,45-/m0/s1. The second kappa shape index (κ2) is 28.8. The second-order valence-electron chi connectivity index (χ2n) is 18.0. The maximum Gasteiger partial charge on any atom is 0.246 e. The van der Waals surface area contributed by atoms with Gasteiger partial charge in [0.25, 0.3) is 0 Å². The first-order valence-electron chi connectivity index (χ1n) is 24.6. The Morgan fingerprint density at radius 2 is 1.16 bits per heavy atom. The van der Waals surface area contributed by atoms with Gasteiger partial charge in [-0.2, -0.15) is 11.8 Å². The van der Waals surface area contributed by atoms with Crippen LogP contribution in [0.1, 0.15) is 56.2 Å². The smallest absolute Gasteiger partial charge is 0.246 e. The molecule has 15 N–H and O–H groups in total. The zero-order valence-corrected chi connectivity index (χ0v) is 42.9. The van der Waals surface area contributed by atoms with E-state index in [0.717, 1.165) is 26.6 Å². The summed E-state index contributed by atoms with van der Waals surface area (Å²) in [5.41, 5.74) is 25.7. The molecule has 0 bridgehead atoms. The fourth-order valence-electron chi connectivity index (χ4n) is 8.51. The van der Waals surface area contributed by atoms with E-state index in [9.17, 15) is 38.4 Å². The Hall–Kier alpha value is -7.33. The number of H-pyrrole nitrogens is 1. The second-order valence-corrected chi connectivity index (χ2v) is 19.0. The molecule has 0 spiro atoms. The highest BCUT2D eigenvalue weighted by atomic mass is 32.2. The molecule has 7 atom stereocenters. The molecule has 0 saturated heterocycles. The maximum atomic E-state index is 14.9. The molecule has 20 nitrogen and oxygen atoms in total. The van der Waals surface area contributed by atoms with Crippen LogP contribution in [0.3, 0.4) is 0 Å². The largest absolute Gasteiger partial charge is 0.368 e. The number of amides is 8. The first-order chi connectivity index (χ1) is 35.6. The molecule has 396 valence electrons. The summed E-state index contributed by atoms with van der Waals surface area (Å²) < 4.78 is 0. The van der Waals surface area contributed by atoms with E-state index in [1.54, 1.807) is 30.5 Å². The Balaban J connectivity index is 1.45. The minimum absolute atomic E-state index is 0.0169. The van der Waals surface area contributed by atoms with Crippen LogP contribution in [-0.4, -0.2) is 131 Å². The topological polar surface area (TPSA) is 332 Å². The number of nitrogens with two attached hydrogens (primary N) is 4. The number of nitrogens with zero attached hydrogens (tertiary/aromatic N) is 1. The molecule has 0 aliphatic carbocycles. The molecule has 0 aliphatic heterocycles. The number of aromatic nitrogens is 1. The van der Waals surface area contributed by atoms with Gasteiger partial charge in [0.1, 0.15) is 42.3 Å². The number of thioether (sulfide) groups is 1. The number of hydrogen-bond acceptors (Lipinski definition) is 12. The predicted octanol–water partition coefficient (Wildman–Crippen LogP) is 0.737. The van der Waals surface area contributed by atoms with Gasteiger partial charge < -0.3 is 64.7 Å². The van der Waals surface area contributed by atoms with Gasteiger partial charge >= 0.3 is 0 Å². The molecule has 0 unspecified atom stereocenters. The molecule has 0 aliphatic rings. The highest BCUT2D eigenvalue weighted by Gasteiger charge is 2.35. The summed E-state index contributed by atoms with van der Waals surface area (Å²) in [5, 5.41) is 18.9. The quantitative estimate of drug-likeness (QED) is 0.0234. The van der Waals surface area contributed by atoms with Crippen LogP contribution in [0.5, 0.6) is 0 Å². The van der Waals surface area contributed by atoms with Crippen molar-refractivity contribution in [3.05, 3.63) is 120 Å². The Kier molecular flexibility index (Phi) is 22.4. The Bertz CT molecular complexity index is 2720. The minimum Gasteiger partial charge on any atom is -0.368 e. The van der Waals surface area contributed by atoms with Crippen molar-refractivity contribution in [2.24, 2.45) is 22.9 Å². The third kappa shape index (κ3) is 16.3. The number of nitrogens with one attached hydrogen (secondary N) is 7. The van der Waals surface area contributed by atoms with Gasteiger partial charge in [-0.25, -0.2) is 0 Å². The van der Waals surface area contributed by atoms with Gasteiger partial charge in [-0.3, -0.25) is 38.4 Å². The van der Waals surface area contributed by atoms with Gasteiger partial charge in [0, 0.05) is 36.4 Å². The summed E-state index contributed by atoms with van der Waals surface area (Å²) in [6.07, 6.45) is 5.06. The van der Waals surface area contributed by atoms with Crippen molar-refractivity contribution in [2.45, 2.75) is 101 Å². The van der Waals surface area contributed by atoms with Crippen LogP contribution in [0.25, 0.3) is 21.7 Å². The lowest BCUT2D eigenvalue weighted by Gasteiger charge is -2.31. The van der Waals surface area contributed by atoms with Crippen LogP contribution < -0.4 is 54.8 Å². The lowest BCUT2D eigenvalue weighted by atomic mass is 9.97. The van der Waals surface area contributed by atoms with Crippen LogP contribution in [0, 0.1) is 0 Å². The highest BCUT2D eigenvalue weighted by molar-refractivity contribution is 7.98. The van der Waals surface area contributed by atoms with E-state index in [1.807, 2.05) is 79.1 Å². The zero-order chi connectivity index (χ0) is 53.7. The van der Waals surface area contributed by atoms with E-state index in [-0.39, 0.29) is 45.3 Å². The monoisotopic (exact) mass is 1030 g/mol. The molecule has 1 aromatic heterocycles. The van der Waals surface area contributed by atoms with Crippen molar-refractivity contribution in [2.75, 3.05) is 31.8 Å². The Labute approximate surface area is 435 Å². The first kappa shape index (κ1) is 57.6. The number of para-hydroxylation sites is 1. The van der Waals surface area contributed by atoms with Crippen LogP contribution in [0.15, 0.2) is 103 Å². The first-order valence-corrected chi connectivity index (χ1v) is 26.0. The van der Waals surface area contributed by atoms with Crippen molar-refractivity contribution < 1.29 is 38.4 Å². The number of primary amides is 1. The third-order valence-corrected chi connectivity index (χ3v) is 13.3. The van der Waals surface area contributed by atoms with Gasteiger partial charge in [-0.05, 0) is 91.6 Å². The summed E-state index contributed by atoms with van der Waals surface area (Å²) in [6.45, 7) is 2.49. The van der Waals surface area contributed by atoms with Crippen molar-refractivity contribution in [3.63, 3.8) is 0 Å². The van der Waals surface area contributed by atoms with Crippen molar-refractivity contribution in [3.8, 4) is 0 Å². The molecule has 1 heterocycles. The molecule has 21 heteroatoms. The Morgan fingerprint density at radius 1 is 0.581 bits per heavy atom. The average molecular weight is 1040 g/mol. The summed E-state index contributed by atoms with van der Waals surface area (Å²) in [5.74, 6) is -5.07. The Morgan fingerprint density at radius 3 is 1.80 bits per heavy atom. The van der Waals surface area contributed by atoms with E-state index in [1.165, 1.54) is 25.6 Å². The van der Waals surface area contributed by atoms with E-state index >= 15 is 0 Å². The average Bonchev–Trinajstić information content (AvgIpc) is 3.81. The summed E-state index contributed by atoms with van der Waals surface area (Å²) in [6, 6.07) is 21.0. The van der Waals surface area contributed by atoms with Gasteiger partial charge in [0.2, 0.25) is 47.3 Å². The van der Waals surface area contributed by atoms with Crippen LogP contribution in [-0.2, 0) is 57.6 Å². The van der Waals surface area contributed by atoms with Gasteiger partial charge in [-0.1, -0.05) is 91.0 Å². The molecule has 8 amide bonds. The maximum absolute atomic E-state index is 14.9. The van der Waals surface area contributed by atoms with Gasteiger partial charge in [-0.15, -0.1) is 0 Å². The van der Waals surface area contributed by atoms with Crippen molar-refractivity contribution >= 4 is 80.7 Å². The number of rotatable bonds is 29. The normalized spacial score (nSPS) is 14.0. The van der Waals surface area contributed by atoms with Gasteiger partial charge in [0.05, 0.1) is 13.2 Å². The molecular formula is C53H70N12O8S. The highest BCUT2D eigenvalue weighted by Crippen LogP contribution is 2.22. The lowest BCUT2D eigenvalue weighted by molar-refractivity contribution is -0.143. The van der Waals surface area contributed by atoms with E-state index in [4.69, 9.17) is 22.9 Å². The molecule has 0 fully saturated rings. The number of aromatic amines is 1. The summed E-state index contributed by atoms with van der Waals surface area (Å²) in [4.78, 5) is 115. The van der Waals surface area contributed by atoms with Gasteiger partial charge in [0.15, 0.2) is 0 Å². The third-order valence-electron chi connectivity index (χ3n) is 12.7. The van der Waals surface area contributed by atoms with E-state index < -0.39 is 89.6 Å². The summed E-state index contributed by atoms with van der Waals surface area (Å²) >= 11 is 1.46. The fraction of sp³-hybridized carbons (Fsp3) is 0.396. The van der Waals surface area contributed by atoms with Crippen LogP contribution in [0.4, 0.5) is 0 Å². The number of fused-ring (bicyclic) bond motifs is 2. The molecule has 4 aromatic carbocycles. The predicted molar refractivity (Wildman–Crippen MR) is 287 cm³/mol. The molecule has 0 saturated carbocycles. The van der Waals surface area contributed by atoms with E-state index in [2.05, 4.69) is 36.9 Å². The zero-order valence-electron chi connectivity index (χ0n) is 42.1. The van der Waals surface area contributed by atoms with Crippen molar-refractivity contribution in [1.29, 1.82) is 0 Å². The molecular weight excluding hydrogens is 965 g/mol. The molecule has 0 radical (unpaired) electrons. The number of hydrogen-bond donors (Lipinski definition) is 11. The lowest BCUT2D eigenvalue weighted by Crippen LogP contribution is -2.61. The minimum atomic E-state index is -1.35. The molecule has 5 rings (SSSR count). The van der Waals surface area contributed by atoms with E-state index in [0.29, 0.717) is 41.8 Å². The number of unbranched alkanes of at least 4 members (excludes halogenated alkanes) is 1. The summed E-state index contributed by atoms with van der Waals surface area (Å²) in [7, 11) is 0. The molecule has 5 aromatic rings. The van der Waals surface area contributed by atoms with Crippen LogP contribution in [0.2, 0.25) is 0 Å².